The van der Waals surface area contributed by atoms with Crippen molar-refractivity contribution < 1.29 is 19.2 Å². The van der Waals surface area contributed by atoms with Crippen LogP contribution in [0.3, 0.4) is 0 Å². The van der Waals surface area contributed by atoms with Gasteiger partial charge in [0.15, 0.2) is 0 Å². The lowest BCUT2D eigenvalue weighted by molar-refractivity contribution is -0.149. The van der Waals surface area contributed by atoms with E-state index in [9.17, 15) is 19.2 Å². The maximum Gasteiger partial charge on any atom is 0.236 e. The van der Waals surface area contributed by atoms with Crippen molar-refractivity contribution in [1.82, 2.24) is 10.2 Å². The Bertz CT molecular complexity index is 322. The minimum atomic E-state index is -0.503. The summed E-state index contributed by atoms with van der Waals surface area (Å²) in [4.78, 5) is 45.4. The second-order valence-corrected chi connectivity index (χ2v) is 3.54. The van der Waals surface area contributed by atoms with E-state index in [1.54, 1.807) is 0 Å². The number of imide groups is 3. The van der Waals surface area contributed by atoms with Crippen molar-refractivity contribution in [3.63, 3.8) is 0 Å². The van der Waals surface area contributed by atoms with Crippen molar-refractivity contribution >= 4 is 23.6 Å². The summed E-state index contributed by atoms with van der Waals surface area (Å²) >= 11 is 0. The summed E-state index contributed by atoms with van der Waals surface area (Å²) in [5.74, 6) is -1.53. The molecule has 6 nitrogen and oxygen atoms in total. The number of likely N-dealkylation sites (tertiary alicyclic amines) is 1. The van der Waals surface area contributed by atoms with E-state index in [0.29, 0.717) is 11.3 Å². The van der Waals surface area contributed by atoms with Gasteiger partial charge in [-0.2, -0.15) is 0 Å². The molecular formula is C10H14N2O4. The molecule has 1 aliphatic rings. The number of carbonyl (C=O) groups excluding carboxylic acids is 4. The third-order valence-corrected chi connectivity index (χ3v) is 2.37. The van der Waals surface area contributed by atoms with Gasteiger partial charge in [-0.1, -0.05) is 0 Å². The number of carbonyl (C=O) groups is 4. The Kier molecular flexibility index (Phi) is 4.16. The fourth-order valence-corrected chi connectivity index (χ4v) is 1.49. The first-order valence-electron chi connectivity index (χ1n) is 5.15. The number of hydrogen-bond donors (Lipinski definition) is 1. The minimum absolute atomic E-state index is 0.0465. The van der Waals surface area contributed by atoms with Crippen molar-refractivity contribution in [2.24, 2.45) is 0 Å². The molecule has 0 radical (unpaired) electrons. The Balaban J connectivity index is 2.38. The Labute approximate surface area is 93.0 Å². The summed E-state index contributed by atoms with van der Waals surface area (Å²) < 4.78 is 0. The zero-order valence-corrected chi connectivity index (χ0v) is 9.12. The van der Waals surface area contributed by atoms with Gasteiger partial charge in [0.1, 0.15) is 0 Å². The van der Waals surface area contributed by atoms with E-state index in [1.807, 2.05) is 0 Å². The molecule has 1 aliphatic heterocycles. The molecule has 1 N–H and O–H groups in total. The molecule has 0 aliphatic carbocycles. The third-order valence-electron chi connectivity index (χ3n) is 2.37. The van der Waals surface area contributed by atoms with E-state index in [4.69, 9.17) is 0 Å². The number of nitrogens with one attached hydrogen (secondary N) is 1. The van der Waals surface area contributed by atoms with Crippen LogP contribution >= 0.6 is 0 Å². The maximum absolute atomic E-state index is 11.5. The molecule has 88 valence electrons. The summed E-state index contributed by atoms with van der Waals surface area (Å²) in [7, 11) is 1.51. The van der Waals surface area contributed by atoms with Gasteiger partial charge in [-0.15, -0.1) is 0 Å². The molecule has 0 saturated carbocycles. The molecule has 4 amide bonds. The van der Waals surface area contributed by atoms with Crippen molar-refractivity contribution in [1.29, 1.82) is 0 Å². The molecule has 16 heavy (non-hydrogen) atoms. The van der Waals surface area contributed by atoms with Crippen LogP contribution in [0, 0.1) is 0 Å². The molecule has 1 rings (SSSR count). The average Bonchev–Trinajstić information content (AvgIpc) is 2.58. The summed E-state index contributed by atoms with van der Waals surface area (Å²) in [5, 5.41) is 2.43. The number of rotatable bonds is 4. The molecular weight excluding hydrogens is 212 g/mol. The summed E-state index contributed by atoms with van der Waals surface area (Å²) in [6, 6.07) is 0. The van der Waals surface area contributed by atoms with Crippen LogP contribution in [0.2, 0.25) is 0 Å². The molecule has 0 aromatic heterocycles. The van der Waals surface area contributed by atoms with E-state index in [0.717, 1.165) is 0 Å². The Morgan fingerprint density at radius 1 is 1.19 bits per heavy atom. The minimum Gasteiger partial charge on any atom is -0.359 e. The van der Waals surface area contributed by atoms with Gasteiger partial charge in [-0.05, 0) is 6.42 Å². The van der Waals surface area contributed by atoms with Crippen molar-refractivity contribution in [3.8, 4) is 0 Å². The monoisotopic (exact) mass is 226 g/mol. The fraction of sp³-hybridized carbons (Fsp3) is 0.600. The lowest BCUT2D eigenvalue weighted by atomic mass is 10.2. The molecule has 0 bridgehead atoms. The zero-order chi connectivity index (χ0) is 12.1. The number of nitrogens with zero attached hydrogens (tertiary/aromatic N) is 1. The zero-order valence-electron chi connectivity index (χ0n) is 9.12. The number of hydrogen-bond acceptors (Lipinski definition) is 4. The average molecular weight is 226 g/mol. The molecule has 6 heteroatoms. The van der Waals surface area contributed by atoms with Gasteiger partial charge < -0.3 is 5.32 Å². The van der Waals surface area contributed by atoms with E-state index >= 15 is 0 Å². The summed E-state index contributed by atoms with van der Waals surface area (Å²) in [6.45, 7) is 0. The molecule has 0 spiro atoms. The topological polar surface area (TPSA) is 83.6 Å². The highest BCUT2D eigenvalue weighted by Gasteiger charge is 2.33. The maximum atomic E-state index is 11.5. The Morgan fingerprint density at radius 2 is 1.75 bits per heavy atom. The van der Waals surface area contributed by atoms with Gasteiger partial charge >= 0.3 is 0 Å². The van der Waals surface area contributed by atoms with Crippen LogP contribution < -0.4 is 5.32 Å². The predicted molar refractivity (Wildman–Crippen MR) is 54.0 cm³/mol. The second kappa shape index (κ2) is 5.39. The fourth-order valence-electron chi connectivity index (χ4n) is 1.49. The van der Waals surface area contributed by atoms with Crippen LogP contribution in [-0.4, -0.2) is 35.6 Å². The van der Waals surface area contributed by atoms with Gasteiger partial charge in [0.2, 0.25) is 23.6 Å². The largest absolute Gasteiger partial charge is 0.359 e. The highest BCUT2D eigenvalue weighted by Crippen LogP contribution is 2.14. The van der Waals surface area contributed by atoms with Crippen molar-refractivity contribution in [3.05, 3.63) is 0 Å². The SMILES string of the molecule is CNC(=O)CCCC(=O)N1C(=O)CCC1=O. The van der Waals surface area contributed by atoms with Crippen LogP contribution in [0.25, 0.3) is 0 Å². The Hall–Kier alpha value is -1.72. The van der Waals surface area contributed by atoms with E-state index in [2.05, 4.69) is 5.32 Å². The first-order chi connectivity index (χ1) is 7.56. The molecule has 0 unspecified atom stereocenters. The van der Waals surface area contributed by atoms with Crippen LogP contribution in [0.15, 0.2) is 0 Å². The molecule has 0 atom stereocenters. The van der Waals surface area contributed by atoms with Gasteiger partial charge in [0.05, 0.1) is 0 Å². The lowest BCUT2D eigenvalue weighted by Crippen LogP contribution is -2.35. The molecule has 0 aromatic rings. The van der Waals surface area contributed by atoms with Crippen LogP contribution in [0.4, 0.5) is 0 Å². The van der Waals surface area contributed by atoms with Crippen molar-refractivity contribution in [2.75, 3.05) is 7.05 Å². The van der Waals surface area contributed by atoms with Gasteiger partial charge in [0, 0.05) is 32.7 Å². The smallest absolute Gasteiger partial charge is 0.236 e. The van der Waals surface area contributed by atoms with Gasteiger partial charge in [0.25, 0.3) is 0 Å². The third kappa shape index (κ3) is 2.88. The first-order valence-corrected chi connectivity index (χ1v) is 5.15. The molecule has 1 saturated heterocycles. The predicted octanol–water partition coefficient (Wildman–Crippen LogP) is -0.422. The van der Waals surface area contributed by atoms with E-state index < -0.39 is 17.7 Å². The van der Waals surface area contributed by atoms with E-state index in [-0.39, 0.29) is 31.6 Å². The van der Waals surface area contributed by atoms with Crippen LogP contribution in [0.5, 0.6) is 0 Å². The molecule has 0 aromatic carbocycles. The second-order valence-electron chi connectivity index (χ2n) is 3.54. The lowest BCUT2D eigenvalue weighted by Gasteiger charge is -2.10. The van der Waals surface area contributed by atoms with Gasteiger partial charge in [-0.25, -0.2) is 4.90 Å². The van der Waals surface area contributed by atoms with Crippen LogP contribution in [-0.2, 0) is 19.2 Å². The Morgan fingerprint density at radius 3 is 2.25 bits per heavy atom. The quantitative estimate of drug-likeness (QED) is 0.660. The number of amides is 4. The standard InChI is InChI=1S/C10H14N2O4/c1-11-7(13)3-2-4-8(14)12-9(15)5-6-10(12)16/h2-6H2,1H3,(H,11,13). The normalized spacial score (nSPS) is 15.4. The highest BCUT2D eigenvalue weighted by atomic mass is 16.2. The molecule has 1 heterocycles. The van der Waals surface area contributed by atoms with Gasteiger partial charge in [-0.3, -0.25) is 19.2 Å². The highest BCUT2D eigenvalue weighted by molar-refractivity contribution is 6.14. The first kappa shape index (κ1) is 12.4. The van der Waals surface area contributed by atoms with Crippen molar-refractivity contribution in [2.45, 2.75) is 32.1 Å². The summed E-state index contributed by atoms with van der Waals surface area (Å²) in [5.41, 5.74) is 0. The summed E-state index contributed by atoms with van der Waals surface area (Å²) in [6.07, 6.45) is 0.832. The van der Waals surface area contributed by atoms with E-state index in [1.165, 1.54) is 7.05 Å². The van der Waals surface area contributed by atoms with Crippen LogP contribution in [0.1, 0.15) is 32.1 Å². The molecule has 1 fully saturated rings.